The molecule has 1 aliphatic heterocycles. The Bertz CT molecular complexity index is 473. The van der Waals surface area contributed by atoms with Crippen LogP contribution in [0.15, 0.2) is 24.3 Å². The third-order valence-electron chi connectivity index (χ3n) is 4.42. The molecule has 2 aliphatic rings. The van der Waals surface area contributed by atoms with Gasteiger partial charge in [0.05, 0.1) is 5.56 Å². The Morgan fingerprint density at radius 3 is 2.56 bits per heavy atom. The Hall–Kier alpha value is -1.35. The van der Waals surface area contributed by atoms with Gasteiger partial charge in [-0.3, -0.25) is 0 Å². The van der Waals surface area contributed by atoms with Crippen LogP contribution >= 0.6 is 0 Å². The predicted molar refractivity (Wildman–Crippen MR) is 69.5 cm³/mol. The second-order valence-electron chi connectivity index (χ2n) is 5.62. The second-order valence-corrected chi connectivity index (χ2v) is 5.62. The molecule has 1 saturated carbocycles. The maximum Gasteiger partial charge on any atom is 0.339 e. The van der Waals surface area contributed by atoms with Crippen molar-refractivity contribution in [1.29, 1.82) is 0 Å². The molecule has 1 aromatic rings. The van der Waals surface area contributed by atoms with E-state index in [1.54, 1.807) is 0 Å². The van der Waals surface area contributed by atoms with E-state index in [2.05, 4.69) is 25.1 Å². The van der Waals surface area contributed by atoms with Crippen LogP contribution < -0.4 is 0 Å². The molecule has 0 atom stereocenters. The van der Waals surface area contributed by atoms with E-state index in [1.807, 2.05) is 18.2 Å². The summed E-state index contributed by atoms with van der Waals surface area (Å²) in [6.45, 7) is 0. The van der Waals surface area contributed by atoms with Crippen molar-refractivity contribution in [3.8, 4) is 0 Å². The fourth-order valence-electron chi connectivity index (χ4n) is 3.30. The topological polar surface area (TPSA) is 29.5 Å². The normalized spacial score (nSPS) is 30.6. The van der Waals surface area contributed by atoms with Crippen LogP contribution in [0.4, 0.5) is 0 Å². The highest BCUT2D eigenvalue weighted by Crippen LogP contribution is 2.47. The quantitative estimate of drug-likeness (QED) is 0.712. The summed E-state index contributed by atoms with van der Waals surface area (Å²) in [6, 6.07) is 8.45. The molecule has 0 amide bonds. The molecule has 3 heteroatoms. The van der Waals surface area contributed by atoms with E-state index in [0.29, 0.717) is 6.04 Å². The molecule has 1 heterocycles. The summed E-state index contributed by atoms with van der Waals surface area (Å²) in [7, 11) is 4.24. The summed E-state index contributed by atoms with van der Waals surface area (Å²) in [5, 5.41) is 0. The highest BCUT2D eigenvalue weighted by atomic mass is 16.6. The molecule has 0 aromatic heterocycles. The van der Waals surface area contributed by atoms with Gasteiger partial charge < -0.3 is 9.64 Å². The average molecular weight is 245 g/mol. The Morgan fingerprint density at radius 2 is 1.89 bits per heavy atom. The highest BCUT2D eigenvalue weighted by Gasteiger charge is 2.47. The molecular formula is C15H19NO2. The standard InChI is InChI=1S/C15H19NO2/c1-16(2)11-7-9-15(10-8-11)13-6-4-3-5-12(13)14(17)18-15/h3-6,11H,7-10H2,1-2H3/t11-,15+. The van der Waals surface area contributed by atoms with Crippen LogP contribution in [0.2, 0.25) is 0 Å². The summed E-state index contributed by atoms with van der Waals surface area (Å²) in [5.74, 6) is -0.145. The minimum absolute atomic E-state index is 0.145. The van der Waals surface area contributed by atoms with Crippen LogP contribution in [0.25, 0.3) is 0 Å². The van der Waals surface area contributed by atoms with Gasteiger partial charge >= 0.3 is 5.97 Å². The van der Waals surface area contributed by atoms with Crippen molar-refractivity contribution in [2.45, 2.75) is 37.3 Å². The zero-order chi connectivity index (χ0) is 12.8. The minimum atomic E-state index is -0.333. The SMILES string of the molecule is CN(C)[C@H]1CC[C@]2(CC1)OC(=O)c1ccccc12. The van der Waals surface area contributed by atoms with Gasteiger partial charge in [-0.1, -0.05) is 18.2 Å². The number of hydrogen-bond acceptors (Lipinski definition) is 3. The molecule has 3 rings (SSSR count). The molecule has 0 N–H and O–H groups in total. The Kier molecular flexibility index (Phi) is 2.67. The van der Waals surface area contributed by atoms with E-state index >= 15 is 0 Å². The summed E-state index contributed by atoms with van der Waals surface area (Å²) in [5.41, 5.74) is 1.54. The van der Waals surface area contributed by atoms with E-state index in [0.717, 1.165) is 36.8 Å². The largest absolute Gasteiger partial charge is 0.451 e. The molecule has 0 unspecified atom stereocenters. The van der Waals surface area contributed by atoms with E-state index < -0.39 is 0 Å². The summed E-state index contributed by atoms with van der Waals surface area (Å²) in [4.78, 5) is 14.2. The highest BCUT2D eigenvalue weighted by molar-refractivity contribution is 5.94. The van der Waals surface area contributed by atoms with E-state index in [-0.39, 0.29) is 11.6 Å². The maximum absolute atomic E-state index is 11.9. The molecule has 1 aliphatic carbocycles. The Balaban J connectivity index is 1.89. The lowest BCUT2D eigenvalue weighted by atomic mass is 9.77. The van der Waals surface area contributed by atoms with Crippen molar-refractivity contribution in [2.75, 3.05) is 14.1 Å². The Labute approximate surface area is 108 Å². The lowest BCUT2D eigenvalue weighted by Gasteiger charge is -2.38. The van der Waals surface area contributed by atoms with Crippen LogP contribution in [-0.2, 0) is 10.3 Å². The number of esters is 1. The van der Waals surface area contributed by atoms with Gasteiger partial charge in [0.15, 0.2) is 0 Å². The zero-order valence-corrected chi connectivity index (χ0v) is 11.0. The van der Waals surface area contributed by atoms with Gasteiger partial charge in [0, 0.05) is 11.6 Å². The molecule has 1 aromatic carbocycles. The number of fused-ring (bicyclic) bond motifs is 2. The van der Waals surface area contributed by atoms with Gasteiger partial charge in [-0.05, 0) is 45.8 Å². The monoisotopic (exact) mass is 245 g/mol. The molecule has 0 saturated heterocycles. The minimum Gasteiger partial charge on any atom is -0.451 e. The van der Waals surface area contributed by atoms with Crippen molar-refractivity contribution in [2.24, 2.45) is 0 Å². The smallest absolute Gasteiger partial charge is 0.339 e. The second kappa shape index (κ2) is 4.09. The van der Waals surface area contributed by atoms with Crippen molar-refractivity contribution < 1.29 is 9.53 Å². The van der Waals surface area contributed by atoms with Crippen molar-refractivity contribution in [3.63, 3.8) is 0 Å². The number of carbonyl (C=O) groups excluding carboxylic acids is 1. The van der Waals surface area contributed by atoms with Gasteiger partial charge in [-0.25, -0.2) is 4.79 Å². The van der Waals surface area contributed by atoms with Gasteiger partial charge in [-0.15, -0.1) is 0 Å². The first-order valence-electron chi connectivity index (χ1n) is 6.62. The number of nitrogens with zero attached hydrogens (tertiary/aromatic N) is 1. The van der Waals surface area contributed by atoms with Gasteiger partial charge in [0.2, 0.25) is 0 Å². The van der Waals surface area contributed by atoms with Crippen molar-refractivity contribution >= 4 is 5.97 Å². The van der Waals surface area contributed by atoms with Crippen LogP contribution in [-0.4, -0.2) is 31.0 Å². The van der Waals surface area contributed by atoms with E-state index in [9.17, 15) is 4.79 Å². The van der Waals surface area contributed by atoms with Gasteiger partial charge in [0.25, 0.3) is 0 Å². The summed E-state index contributed by atoms with van der Waals surface area (Å²) >= 11 is 0. The fraction of sp³-hybridized carbons (Fsp3) is 0.533. The van der Waals surface area contributed by atoms with Gasteiger partial charge in [-0.2, -0.15) is 0 Å². The van der Waals surface area contributed by atoms with Crippen LogP contribution in [0.5, 0.6) is 0 Å². The molecule has 0 radical (unpaired) electrons. The van der Waals surface area contributed by atoms with Crippen molar-refractivity contribution in [1.82, 2.24) is 4.90 Å². The number of rotatable bonds is 1. The lowest BCUT2D eigenvalue weighted by Crippen LogP contribution is -2.39. The van der Waals surface area contributed by atoms with Crippen LogP contribution in [0, 0.1) is 0 Å². The molecule has 96 valence electrons. The number of carbonyl (C=O) groups is 1. The molecule has 18 heavy (non-hydrogen) atoms. The summed E-state index contributed by atoms with van der Waals surface area (Å²) in [6.07, 6.45) is 4.07. The lowest BCUT2D eigenvalue weighted by molar-refractivity contribution is -0.0385. The molecule has 1 fully saturated rings. The van der Waals surface area contributed by atoms with E-state index in [4.69, 9.17) is 4.74 Å². The number of benzene rings is 1. The molecule has 1 spiro atoms. The number of ether oxygens (including phenoxy) is 1. The maximum atomic E-state index is 11.9. The van der Waals surface area contributed by atoms with Crippen LogP contribution in [0.1, 0.15) is 41.6 Å². The predicted octanol–water partition coefficient (Wildman–Crippen LogP) is 2.56. The third-order valence-corrected chi connectivity index (χ3v) is 4.42. The first-order valence-corrected chi connectivity index (χ1v) is 6.62. The molecule has 3 nitrogen and oxygen atoms in total. The molecule has 0 bridgehead atoms. The molecular weight excluding hydrogens is 226 g/mol. The van der Waals surface area contributed by atoms with E-state index in [1.165, 1.54) is 0 Å². The zero-order valence-electron chi connectivity index (χ0n) is 11.0. The van der Waals surface area contributed by atoms with Gasteiger partial charge in [0.1, 0.15) is 5.60 Å². The van der Waals surface area contributed by atoms with Crippen LogP contribution in [0.3, 0.4) is 0 Å². The summed E-state index contributed by atoms with van der Waals surface area (Å²) < 4.78 is 5.73. The van der Waals surface area contributed by atoms with Crippen molar-refractivity contribution in [3.05, 3.63) is 35.4 Å². The first kappa shape index (κ1) is 11.7. The Morgan fingerprint density at radius 1 is 1.22 bits per heavy atom. The third kappa shape index (κ3) is 1.65. The fourth-order valence-corrected chi connectivity index (χ4v) is 3.30. The average Bonchev–Trinajstić information content (AvgIpc) is 2.64. The number of hydrogen-bond donors (Lipinski definition) is 0. The first-order chi connectivity index (χ1) is 8.62.